The molecule has 0 spiro atoms. The van der Waals surface area contributed by atoms with Gasteiger partial charge in [0, 0.05) is 31.7 Å². The zero-order valence-corrected chi connectivity index (χ0v) is 15.2. The van der Waals surface area contributed by atoms with E-state index in [0.717, 1.165) is 25.3 Å². The number of amides is 2. The van der Waals surface area contributed by atoms with Gasteiger partial charge >= 0.3 is 0 Å². The fraction of sp³-hybridized carbons (Fsp3) is 0.556. The maximum Gasteiger partial charge on any atom is 0.256 e. The van der Waals surface area contributed by atoms with E-state index in [-0.39, 0.29) is 29.8 Å². The number of nitrogens with zero attached hydrogens (tertiary/aromatic N) is 1. The quantitative estimate of drug-likeness (QED) is 0.839. The number of carbonyl (C=O) groups is 2. The number of hydrogen-bond donors (Lipinski definition) is 2. The van der Waals surface area contributed by atoms with Crippen molar-refractivity contribution in [1.29, 1.82) is 0 Å². The SMILES string of the molecule is CC(=O)Nc1ccc(F)c(C(=O)N2CCC(NCC3CC3)CC2)c1.Cl. The summed E-state index contributed by atoms with van der Waals surface area (Å²) in [5.74, 6) is -0.263. The zero-order valence-electron chi connectivity index (χ0n) is 14.4. The molecule has 3 rings (SSSR count). The third-order valence-corrected chi connectivity index (χ3v) is 4.69. The molecule has 1 aliphatic heterocycles. The molecule has 1 aliphatic carbocycles. The van der Waals surface area contributed by atoms with Crippen molar-refractivity contribution in [2.75, 3.05) is 25.0 Å². The zero-order chi connectivity index (χ0) is 17.1. The standard InChI is InChI=1S/C18H24FN3O2.ClH/c1-12(23)21-15-4-5-17(19)16(10-15)18(24)22-8-6-14(7-9-22)20-11-13-2-3-13;/h4-5,10,13-14,20H,2-3,6-9,11H2,1H3,(H,21,23);1H. The normalized spacial score (nSPS) is 17.8. The summed E-state index contributed by atoms with van der Waals surface area (Å²) in [7, 11) is 0. The fourth-order valence-electron chi connectivity index (χ4n) is 3.08. The van der Waals surface area contributed by atoms with Crippen LogP contribution in [0.3, 0.4) is 0 Å². The topological polar surface area (TPSA) is 61.4 Å². The summed E-state index contributed by atoms with van der Waals surface area (Å²) in [6.07, 6.45) is 4.44. The van der Waals surface area contributed by atoms with Crippen LogP contribution >= 0.6 is 12.4 Å². The van der Waals surface area contributed by atoms with Gasteiger partial charge in [-0.3, -0.25) is 9.59 Å². The summed E-state index contributed by atoms with van der Waals surface area (Å²) >= 11 is 0. The van der Waals surface area contributed by atoms with Gasteiger partial charge in [-0.15, -0.1) is 12.4 Å². The number of piperidine rings is 1. The van der Waals surface area contributed by atoms with Crippen LogP contribution in [0, 0.1) is 11.7 Å². The van der Waals surface area contributed by atoms with Gasteiger partial charge in [0.05, 0.1) is 5.56 Å². The molecule has 1 aromatic carbocycles. The van der Waals surface area contributed by atoms with Crippen LogP contribution in [-0.2, 0) is 4.79 Å². The van der Waals surface area contributed by atoms with Gasteiger partial charge in [-0.25, -0.2) is 4.39 Å². The van der Waals surface area contributed by atoms with Crippen molar-refractivity contribution in [1.82, 2.24) is 10.2 Å². The van der Waals surface area contributed by atoms with Gasteiger partial charge in [-0.1, -0.05) is 0 Å². The van der Waals surface area contributed by atoms with Crippen LogP contribution in [0.25, 0.3) is 0 Å². The molecule has 0 atom stereocenters. The molecule has 2 aliphatic rings. The average Bonchev–Trinajstić information content (AvgIpc) is 3.38. The Labute approximate surface area is 153 Å². The van der Waals surface area contributed by atoms with E-state index in [1.165, 1.54) is 38.0 Å². The number of halogens is 2. The highest BCUT2D eigenvalue weighted by molar-refractivity contribution is 5.97. The first-order valence-electron chi connectivity index (χ1n) is 8.62. The molecule has 25 heavy (non-hydrogen) atoms. The molecule has 2 N–H and O–H groups in total. The fourth-order valence-corrected chi connectivity index (χ4v) is 3.08. The molecule has 0 bridgehead atoms. The summed E-state index contributed by atoms with van der Waals surface area (Å²) in [6.45, 7) is 3.71. The molecule has 2 fully saturated rings. The number of benzene rings is 1. The number of anilines is 1. The van der Waals surface area contributed by atoms with Gasteiger partial charge in [0.25, 0.3) is 5.91 Å². The van der Waals surface area contributed by atoms with Crippen molar-refractivity contribution < 1.29 is 14.0 Å². The second-order valence-corrected chi connectivity index (χ2v) is 6.79. The highest BCUT2D eigenvalue weighted by Crippen LogP contribution is 2.28. The van der Waals surface area contributed by atoms with Crippen molar-refractivity contribution in [3.63, 3.8) is 0 Å². The first-order valence-corrected chi connectivity index (χ1v) is 8.62. The summed E-state index contributed by atoms with van der Waals surface area (Å²) < 4.78 is 14.0. The smallest absolute Gasteiger partial charge is 0.256 e. The van der Waals surface area contributed by atoms with E-state index in [1.807, 2.05) is 0 Å². The number of nitrogens with one attached hydrogen (secondary N) is 2. The number of carbonyl (C=O) groups excluding carboxylic acids is 2. The lowest BCUT2D eigenvalue weighted by molar-refractivity contribution is -0.114. The highest BCUT2D eigenvalue weighted by atomic mass is 35.5. The van der Waals surface area contributed by atoms with Crippen LogP contribution in [0.5, 0.6) is 0 Å². The maximum atomic E-state index is 14.0. The van der Waals surface area contributed by atoms with Crippen molar-refractivity contribution in [2.24, 2.45) is 5.92 Å². The minimum absolute atomic E-state index is 0. The van der Waals surface area contributed by atoms with Crippen molar-refractivity contribution in [2.45, 2.75) is 38.6 Å². The lowest BCUT2D eigenvalue weighted by Gasteiger charge is -2.32. The van der Waals surface area contributed by atoms with Crippen LogP contribution < -0.4 is 10.6 Å². The van der Waals surface area contributed by atoms with Gasteiger partial charge in [-0.05, 0) is 56.3 Å². The van der Waals surface area contributed by atoms with Crippen LogP contribution in [0.1, 0.15) is 43.0 Å². The molecule has 138 valence electrons. The molecule has 2 amide bonds. The molecule has 1 heterocycles. The van der Waals surface area contributed by atoms with Crippen LogP contribution in [-0.4, -0.2) is 42.4 Å². The van der Waals surface area contributed by atoms with Gasteiger partial charge in [0.1, 0.15) is 5.82 Å². The van der Waals surface area contributed by atoms with Crippen LogP contribution in [0.2, 0.25) is 0 Å². The largest absolute Gasteiger partial charge is 0.338 e. The van der Waals surface area contributed by atoms with E-state index in [1.54, 1.807) is 4.90 Å². The first-order chi connectivity index (χ1) is 11.5. The maximum absolute atomic E-state index is 14.0. The Morgan fingerprint density at radius 2 is 1.88 bits per heavy atom. The van der Waals surface area contributed by atoms with Crippen molar-refractivity contribution in [3.05, 3.63) is 29.6 Å². The Kier molecular flexibility index (Phi) is 6.79. The third kappa shape index (κ3) is 5.41. The predicted molar refractivity (Wildman–Crippen MR) is 97.6 cm³/mol. The Balaban J connectivity index is 0.00000225. The third-order valence-electron chi connectivity index (χ3n) is 4.69. The van der Waals surface area contributed by atoms with Crippen molar-refractivity contribution in [3.8, 4) is 0 Å². The summed E-state index contributed by atoms with van der Waals surface area (Å²) in [4.78, 5) is 25.4. The van der Waals surface area contributed by atoms with Gasteiger partial charge in [0.15, 0.2) is 0 Å². The van der Waals surface area contributed by atoms with E-state index in [2.05, 4.69) is 10.6 Å². The number of rotatable bonds is 5. The lowest BCUT2D eigenvalue weighted by atomic mass is 10.0. The van der Waals surface area contributed by atoms with E-state index < -0.39 is 5.82 Å². The van der Waals surface area contributed by atoms with Crippen molar-refractivity contribution >= 4 is 29.9 Å². The molecule has 0 radical (unpaired) electrons. The van der Waals surface area contributed by atoms with E-state index >= 15 is 0 Å². The Morgan fingerprint density at radius 1 is 1.20 bits per heavy atom. The molecule has 1 saturated carbocycles. The predicted octanol–water partition coefficient (Wildman–Crippen LogP) is 2.81. The number of likely N-dealkylation sites (tertiary alicyclic amines) is 1. The molecule has 0 unspecified atom stereocenters. The molecule has 0 aromatic heterocycles. The molecule has 1 saturated heterocycles. The molecular weight excluding hydrogens is 345 g/mol. The highest BCUT2D eigenvalue weighted by Gasteiger charge is 2.27. The Hall–Kier alpha value is -1.66. The first kappa shape index (κ1) is 19.7. The molecule has 7 heteroatoms. The average molecular weight is 370 g/mol. The summed E-state index contributed by atoms with van der Waals surface area (Å²) in [5.41, 5.74) is 0.457. The Morgan fingerprint density at radius 3 is 2.48 bits per heavy atom. The van der Waals surface area contributed by atoms with Crippen LogP contribution in [0.15, 0.2) is 18.2 Å². The summed E-state index contributed by atoms with van der Waals surface area (Å²) in [5, 5.41) is 6.15. The lowest BCUT2D eigenvalue weighted by Crippen LogP contribution is -2.45. The van der Waals surface area contributed by atoms with Gasteiger partial charge in [0.2, 0.25) is 5.91 Å². The van der Waals surface area contributed by atoms with E-state index in [4.69, 9.17) is 0 Å². The molecule has 1 aromatic rings. The monoisotopic (exact) mass is 369 g/mol. The second kappa shape index (κ2) is 8.63. The molecule has 5 nitrogen and oxygen atoms in total. The van der Waals surface area contributed by atoms with Crippen LogP contribution in [0.4, 0.5) is 10.1 Å². The Bertz CT molecular complexity index is 629. The van der Waals surface area contributed by atoms with E-state index in [9.17, 15) is 14.0 Å². The number of hydrogen-bond acceptors (Lipinski definition) is 3. The van der Waals surface area contributed by atoms with E-state index in [0.29, 0.717) is 24.8 Å². The summed E-state index contributed by atoms with van der Waals surface area (Å²) in [6, 6.07) is 4.55. The second-order valence-electron chi connectivity index (χ2n) is 6.79. The van der Waals surface area contributed by atoms with Gasteiger partial charge < -0.3 is 15.5 Å². The minimum Gasteiger partial charge on any atom is -0.338 e. The van der Waals surface area contributed by atoms with Gasteiger partial charge in [-0.2, -0.15) is 0 Å². The minimum atomic E-state index is -0.553. The molecular formula is C18H25ClFN3O2.